The third kappa shape index (κ3) is 8.65. The Labute approximate surface area is 291 Å². The van der Waals surface area contributed by atoms with E-state index in [-0.39, 0.29) is 12.4 Å². The molecule has 8 nitrogen and oxygen atoms in total. The summed E-state index contributed by atoms with van der Waals surface area (Å²) in [7, 11) is -3.37. The van der Waals surface area contributed by atoms with Crippen LogP contribution in [0.3, 0.4) is 0 Å². The molecule has 252 valence electrons. The van der Waals surface area contributed by atoms with E-state index in [1.807, 2.05) is 41.1 Å². The van der Waals surface area contributed by atoms with Gasteiger partial charge >= 0.3 is 0 Å². The third-order valence-electron chi connectivity index (χ3n) is 8.71. The van der Waals surface area contributed by atoms with Gasteiger partial charge in [0.15, 0.2) is 0 Å². The van der Waals surface area contributed by atoms with E-state index in [1.54, 1.807) is 18.2 Å². The van der Waals surface area contributed by atoms with Gasteiger partial charge < -0.3 is 10.1 Å². The van der Waals surface area contributed by atoms with Crippen molar-refractivity contribution in [1.29, 1.82) is 0 Å². The Morgan fingerprint density at radius 3 is 2.50 bits per heavy atom. The monoisotopic (exact) mass is 709 g/mol. The highest BCUT2D eigenvalue weighted by Crippen LogP contribution is 2.33. The molecular weight excluding hydrogens is 672 g/mol. The fourth-order valence-corrected chi connectivity index (χ4v) is 7.13. The SMILES string of the molecule is CS(=O)(=O)N1CCc2c(c(-c3ccc(Cl)c(C#Cc4ccc(CNCc5ccc(Cl)cc5)c(F)c4)c3)nn2CCCN2CCOCC2)C1. The number of aromatic nitrogens is 2. The number of morpholine rings is 1. The molecule has 0 amide bonds. The Morgan fingerprint density at radius 1 is 0.958 bits per heavy atom. The highest BCUT2D eigenvalue weighted by atomic mass is 35.5. The largest absolute Gasteiger partial charge is 0.379 e. The lowest BCUT2D eigenvalue weighted by Gasteiger charge is -2.27. The minimum absolute atomic E-state index is 0.261. The fourth-order valence-electron chi connectivity index (χ4n) is 6.05. The first-order chi connectivity index (χ1) is 23.1. The molecule has 6 rings (SSSR count). The smallest absolute Gasteiger partial charge is 0.211 e. The van der Waals surface area contributed by atoms with Gasteiger partial charge in [-0.05, 0) is 48.4 Å². The molecule has 0 radical (unpaired) electrons. The van der Waals surface area contributed by atoms with Crippen LogP contribution in [0.2, 0.25) is 10.0 Å². The first-order valence-corrected chi connectivity index (χ1v) is 18.6. The second kappa shape index (κ2) is 15.5. The van der Waals surface area contributed by atoms with E-state index in [9.17, 15) is 12.8 Å². The van der Waals surface area contributed by atoms with Crippen molar-refractivity contribution in [3.05, 3.63) is 110 Å². The van der Waals surface area contributed by atoms with Crippen LogP contribution in [0.15, 0.2) is 60.7 Å². The summed E-state index contributed by atoms with van der Waals surface area (Å²) in [6.07, 6.45) is 2.76. The first kappa shape index (κ1) is 34.6. The van der Waals surface area contributed by atoms with Gasteiger partial charge in [0, 0.05) is 97.3 Å². The Hall–Kier alpha value is -3.27. The van der Waals surface area contributed by atoms with E-state index in [1.165, 1.54) is 16.6 Å². The summed E-state index contributed by atoms with van der Waals surface area (Å²) in [6.45, 7) is 6.71. The zero-order valence-electron chi connectivity index (χ0n) is 26.8. The minimum atomic E-state index is -3.37. The number of rotatable bonds is 10. The number of nitrogens with one attached hydrogen (secondary N) is 1. The lowest BCUT2D eigenvalue weighted by molar-refractivity contribution is 0.0368. The summed E-state index contributed by atoms with van der Waals surface area (Å²) >= 11 is 12.5. The molecule has 1 N–H and O–H groups in total. The van der Waals surface area contributed by atoms with Gasteiger partial charge in [-0.1, -0.05) is 59.3 Å². The second-order valence-electron chi connectivity index (χ2n) is 12.1. The van der Waals surface area contributed by atoms with E-state index < -0.39 is 10.0 Å². The molecule has 3 aromatic carbocycles. The van der Waals surface area contributed by atoms with Gasteiger partial charge in [-0.15, -0.1) is 0 Å². The average Bonchev–Trinajstić information content (AvgIpc) is 3.44. The number of ether oxygens (including phenoxy) is 1. The number of hydrogen-bond acceptors (Lipinski definition) is 6. The van der Waals surface area contributed by atoms with Crippen molar-refractivity contribution >= 4 is 33.2 Å². The van der Waals surface area contributed by atoms with Crippen LogP contribution in [-0.2, 0) is 47.4 Å². The number of benzene rings is 3. The average molecular weight is 711 g/mol. The van der Waals surface area contributed by atoms with Crippen molar-refractivity contribution in [3.63, 3.8) is 0 Å². The first-order valence-electron chi connectivity index (χ1n) is 16.0. The quantitative estimate of drug-likeness (QED) is 0.212. The summed E-state index contributed by atoms with van der Waals surface area (Å²) in [5.41, 5.74) is 6.21. The van der Waals surface area contributed by atoms with Gasteiger partial charge in [-0.25, -0.2) is 12.8 Å². The number of sulfonamides is 1. The van der Waals surface area contributed by atoms with E-state index >= 15 is 0 Å². The van der Waals surface area contributed by atoms with Crippen LogP contribution in [0.4, 0.5) is 4.39 Å². The summed E-state index contributed by atoms with van der Waals surface area (Å²) in [4.78, 5) is 2.40. The van der Waals surface area contributed by atoms with E-state index in [2.05, 4.69) is 22.1 Å². The maximum atomic E-state index is 15.0. The van der Waals surface area contributed by atoms with Crippen LogP contribution in [0, 0.1) is 17.7 Å². The Bertz CT molecular complexity index is 1930. The molecule has 48 heavy (non-hydrogen) atoms. The molecule has 1 saturated heterocycles. The van der Waals surface area contributed by atoms with E-state index in [0.29, 0.717) is 52.8 Å². The summed E-state index contributed by atoms with van der Waals surface area (Å²) in [5.74, 6) is 5.83. The standard InChI is InChI=1S/C36H38Cl2FN5O3S/c1-48(45,46)43-16-13-35-32(25-43)36(41-44(35)15-2-14-42-17-19-47-20-18-42)29-9-12-33(38)28(22-29)7-3-26-4-8-30(34(39)21-26)24-40-23-27-5-10-31(37)11-6-27/h4-6,8-12,21-22,40H,2,13-20,23-25H2,1H3. The van der Waals surface area contributed by atoms with E-state index in [4.69, 9.17) is 33.0 Å². The van der Waals surface area contributed by atoms with Gasteiger partial charge in [0.1, 0.15) is 5.82 Å². The van der Waals surface area contributed by atoms with Crippen LogP contribution in [-0.4, -0.2) is 73.1 Å². The molecule has 0 unspecified atom stereocenters. The van der Waals surface area contributed by atoms with Gasteiger partial charge in [0.25, 0.3) is 0 Å². The van der Waals surface area contributed by atoms with Crippen molar-refractivity contribution in [2.75, 3.05) is 45.6 Å². The number of aryl methyl sites for hydroxylation is 1. The van der Waals surface area contributed by atoms with Crippen molar-refractivity contribution < 1.29 is 17.5 Å². The molecule has 0 atom stereocenters. The predicted molar refractivity (Wildman–Crippen MR) is 188 cm³/mol. The maximum absolute atomic E-state index is 15.0. The number of hydrogen-bond donors (Lipinski definition) is 1. The van der Waals surface area contributed by atoms with Gasteiger partial charge in [-0.2, -0.15) is 9.40 Å². The molecule has 1 fully saturated rings. The Kier molecular flexibility index (Phi) is 11.2. The van der Waals surface area contributed by atoms with Gasteiger partial charge in [0.2, 0.25) is 10.0 Å². The molecular formula is C36H38Cl2FN5O3S. The Morgan fingerprint density at radius 2 is 1.75 bits per heavy atom. The summed E-state index contributed by atoms with van der Waals surface area (Å²) in [5, 5.41) is 9.42. The van der Waals surface area contributed by atoms with Crippen molar-refractivity contribution in [1.82, 2.24) is 24.3 Å². The van der Waals surface area contributed by atoms with Gasteiger partial charge in [0.05, 0.1) is 30.2 Å². The summed E-state index contributed by atoms with van der Waals surface area (Å²) < 4.78 is 49.0. The van der Waals surface area contributed by atoms with Crippen molar-refractivity contribution in [2.24, 2.45) is 0 Å². The number of fused-ring (bicyclic) bond motifs is 1. The number of nitrogens with zero attached hydrogens (tertiary/aromatic N) is 4. The van der Waals surface area contributed by atoms with Crippen molar-refractivity contribution in [2.45, 2.75) is 39.0 Å². The lowest BCUT2D eigenvalue weighted by atomic mass is 10.0. The molecule has 0 saturated carbocycles. The maximum Gasteiger partial charge on any atom is 0.211 e. The highest BCUT2D eigenvalue weighted by Gasteiger charge is 2.30. The molecule has 0 spiro atoms. The van der Waals surface area contributed by atoms with Crippen LogP contribution >= 0.6 is 23.2 Å². The molecule has 12 heteroatoms. The van der Waals surface area contributed by atoms with E-state index in [0.717, 1.165) is 73.9 Å². The topological polar surface area (TPSA) is 79.7 Å². The van der Waals surface area contributed by atoms with Crippen LogP contribution in [0.1, 0.15) is 39.9 Å². The zero-order chi connectivity index (χ0) is 33.7. The van der Waals surface area contributed by atoms with Crippen LogP contribution in [0.25, 0.3) is 11.3 Å². The molecule has 0 aliphatic carbocycles. The highest BCUT2D eigenvalue weighted by molar-refractivity contribution is 7.88. The van der Waals surface area contributed by atoms with Crippen LogP contribution in [0.5, 0.6) is 0 Å². The summed E-state index contributed by atoms with van der Waals surface area (Å²) in [6, 6.07) is 18.0. The molecule has 1 aromatic heterocycles. The zero-order valence-corrected chi connectivity index (χ0v) is 29.1. The molecule has 3 heterocycles. The molecule has 4 aromatic rings. The third-order valence-corrected chi connectivity index (χ3v) is 10.5. The predicted octanol–water partition coefficient (Wildman–Crippen LogP) is 5.73. The molecule has 2 aliphatic heterocycles. The fraction of sp³-hybridized carbons (Fsp3) is 0.361. The van der Waals surface area contributed by atoms with Crippen LogP contribution < -0.4 is 5.32 Å². The second-order valence-corrected chi connectivity index (χ2v) is 15.0. The number of halogens is 3. The Balaban J connectivity index is 1.20. The molecule has 0 bridgehead atoms. The lowest BCUT2D eigenvalue weighted by Crippen LogP contribution is -2.37. The minimum Gasteiger partial charge on any atom is -0.379 e. The normalized spacial score (nSPS) is 15.6. The molecule has 2 aliphatic rings. The van der Waals surface area contributed by atoms with Crippen molar-refractivity contribution in [3.8, 4) is 23.1 Å². The van der Waals surface area contributed by atoms with Gasteiger partial charge in [-0.3, -0.25) is 9.58 Å².